The minimum absolute atomic E-state index is 0.0806. The first-order valence-corrected chi connectivity index (χ1v) is 12.1. The van der Waals surface area contributed by atoms with Crippen LogP contribution in [-0.4, -0.2) is 42.3 Å². The molecule has 5 rings (SSSR count). The SMILES string of the molecule is O=C1CCCCN1c1cc(N2CCCCC2=O)c(N2CCCCC2=O)cc1-c1cccnc1. The van der Waals surface area contributed by atoms with Crippen molar-refractivity contribution in [2.75, 3.05) is 34.3 Å². The standard InChI is InChI=1S/C26H30N4O3/c31-24-9-1-4-13-28(24)21-17-23(30-15-6-3-11-26(30)33)22(29-14-5-2-10-25(29)32)16-20(21)19-8-7-12-27-18-19/h7-8,12,16-18H,1-6,9-11,13-15H2. The molecule has 3 amide bonds. The largest absolute Gasteiger partial charge is 0.312 e. The second kappa shape index (κ2) is 9.33. The fourth-order valence-corrected chi connectivity index (χ4v) is 5.16. The third-order valence-corrected chi connectivity index (χ3v) is 6.91. The number of carbonyl (C=O) groups excluding carboxylic acids is 3. The minimum atomic E-state index is 0.0806. The van der Waals surface area contributed by atoms with Crippen molar-refractivity contribution in [3.8, 4) is 11.1 Å². The van der Waals surface area contributed by atoms with Gasteiger partial charge in [0.1, 0.15) is 0 Å². The van der Waals surface area contributed by atoms with Crippen LogP contribution in [0.5, 0.6) is 0 Å². The van der Waals surface area contributed by atoms with E-state index in [4.69, 9.17) is 0 Å². The first-order valence-electron chi connectivity index (χ1n) is 12.1. The topological polar surface area (TPSA) is 73.8 Å². The van der Waals surface area contributed by atoms with E-state index in [9.17, 15) is 14.4 Å². The Morgan fingerprint density at radius 3 is 1.64 bits per heavy atom. The van der Waals surface area contributed by atoms with Crippen LogP contribution < -0.4 is 14.7 Å². The molecular formula is C26H30N4O3. The number of rotatable bonds is 4. The van der Waals surface area contributed by atoms with Crippen LogP contribution in [0.25, 0.3) is 11.1 Å². The van der Waals surface area contributed by atoms with E-state index in [1.807, 2.05) is 39.0 Å². The van der Waals surface area contributed by atoms with Gasteiger partial charge in [0, 0.05) is 62.4 Å². The molecule has 3 aliphatic rings. The van der Waals surface area contributed by atoms with Gasteiger partial charge in [0.2, 0.25) is 17.7 Å². The van der Waals surface area contributed by atoms with Gasteiger partial charge in [-0.15, -0.1) is 0 Å². The average molecular weight is 447 g/mol. The lowest BCUT2D eigenvalue weighted by Crippen LogP contribution is -2.40. The lowest BCUT2D eigenvalue weighted by molar-refractivity contribution is -0.120. The predicted octanol–water partition coefficient (Wildman–Crippen LogP) is 4.30. The number of amides is 3. The number of hydrogen-bond donors (Lipinski definition) is 0. The smallest absolute Gasteiger partial charge is 0.227 e. The molecule has 172 valence electrons. The molecule has 2 aromatic rings. The first kappa shape index (κ1) is 21.6. The molecule has 3 saturated heterocycles. The average Bonchev–Trinajstić information content (AvgIpc) is 2.85. The van der Waals surface area contributed by atoms with E-state index in [1.165, 1.54) is 0 Å². The van der Waals surface area contributed by atoms with E-state index in [0.29, 0.717) is 38.9 Å². The van der Waals surface area contributed by atoms with Gasteiger partial charge in [0.05, 0.1) is 17.1 Å². The number of hydrogen-bond acceptors (Lipinski definition) is 4. The lowest BCUT2D eigenvalue weighted by atomic mass is 9.97. The Labute approximate surface area is 194 Å². The van der Waals surface area contributed by atoms with Crippen molar-refractivity contribution in [2.45, 2.75) is 57.8 Å². The van der Waals surface area contributed by atoms with E-state index in [-0.39, 0.29) is 17.7 Å². The number of nitrogens with zero attached hydrogens (tertiary/aromatic N) is 4. The number of anilines is 3. The molecule has 0 atom stereocenters. The number of carbonyl (C=O) groups is 3. The summed E-state index contributed by atoms with van der Waals surface area (Å²) in [7, 11) is 0. The third-order valence-electron chi connectivity index (χ3n) is 6.91. The van der Waals surface area contributed by atoms with Gasteiger partial charge in [-0.05, 0) is 56.7 Å². The van der Waals surface area contributed by atoms with Gasteiger partial charge in [0.25, 0.3) is 0 Å². The van der Waals surface area contributed by atoms with E-state index < -0.39 is 0 Å². The molecule has 1 aromatic heterocycles. The van der Waals surface area contributed by atoms with E-state index in [2.05, 4.69) is 4.98 Å². The summed E-state index contributed by atoms with van der Waals surface area (Å²) in [6, 6.07) is 7.85. The Morgan fingerprint density at radius 1 is 0.636 bits per heavy atom. The molecule has 0 N–H and O–H groups in total. The molecular weight excluding hydrogens is 416 g/mol. The fraction of sp³-hybridized carbons (Fsp3) is 0.462. The van der Waals surface area contributed by atoms with Gasteiger partial charge in [-0.2, -0.15) is 0 Å². The Hall–Kier alpha value is -3.22. The fourth-order valence-electron chi connectivity index (χ4n) is 5.16. The molecule has 0 unspecified atom stereocenters. The molecule has 0 saturated carbocycles. The maximum Gasteiger partial charge on any atom is 0.227 e. The first-order chi connectivity index (χ1) is 16.1. The molecule has 0 spiro atoms. The zero-order valence-corrected chi connectivity index (χ0v) is 19.0. The van der Waals surface area contributed by atoms with Crippen LogP contribution in [0.3, 0.4) is 0 Å². The van der Waals surface area contributed by atoms with Gasteiger partial charge in [-0.1, -0.05) is 6.07 Å². The molecule has 33 heavy (non-hydrogen) atoms. The summed E-state index contributed by atoms with van der Waals surface area (Å²) in [5.74, 6) is 0.270. The quantitative estimate of drug-likeness (QED) is 0.702. The predicted molar refractivity (Wildman–Crippen MR) is 128 cm³/mol. The van der Waals surface area contributed by atoms with Crippen molar-refractivity contribution < 1.29 is 14.4 Å². The summed E-state index contributed by atoms with van der Waals surface area (Å²) in [5, 5.41) is 0. The monoisotopic (exact) mass is 446 g/mol. The Morgan fingerprint density at radius 2 is 1.15 bits per heavy atom. The van der Waals surface area contributed by atoms with Crippen LogP contribution in [0.4, 0.5) is 17.1 Å². The molecule has 1 aromatic carbocycles. The highest BCUT2D eigenvalue weighted by molar-refractivity contribution is 6.07. The highest BCUT2D eigenvalue weighted by Gasteiger charge is 2.31. The second-order valence-corrected chi connectivity index (χ2v) is 9.11. The zero-order chi connectivity index (χ0) is 22.8. The van der Waals surface area contributed by atoms with E-state index in [0.717, 1.165) is 66.7 Å². The summed E-state index contributed by atoms with van der Waals surface area (Å²) in [4.78, 5) is 48.6. The van der Waals surface area contributed by atoms with Crippen molar-refractivity contribution in [1.82, 2.24) is 4.98 Å². The Bertz CT molecular complexity index is 1070. The molecule has 7 heteroatoms. The van der Waals surface area contributed by atoms with Crippen LogP contribution in [0.15, 0.2) is 36.7 Å². The highest BCUT2D eigenvalue weighted by Crippen LogP contribution is 2.43. The second-order valence-electron chi connectivity index (χ2n) is 9.11. The summed E-state index contributed by atoms with van der Waals surface area (Å²) >= 11 is 0. The van der Waals surface area contributed by atoms with Crippen LogP contribution in [-0.2, 0) is 14.4 Å². The molecule has 0 aliphatic carbocycles. The Kier molecular flexibility index (Phi) is 6.11. The summed E-state index contributed by atoms with van der Waals surface area (Å²) in [5.41, 5.74) is 4.08. The minimum Gasteiger partial charge on any atom is -0.312 e. The number of pyridine rings is 1. The molecule has 0 radical (unpaired) electrons. The van der Waals surface area contributed by atoms with Crippen molar-refractivity contribution in [1.29, 1.82) is 0 Å². The molecule has 3 aliphatic heterocycles. The van der Waals surface area contributed by atoms with Gasteiger partial charge < -0.3 is 14.7 Å². The number of benzene rings is 1. The van der Waals surface area contributed by atoms with Gasteiger partial charge in [-0.25, -0.2) is 0 Å². The van der Waals surface area contributed by atoms with Crippen molar-refractivity contribution >= 4 is 34.8 Å². The van der Waals surface area contributed by atoms with Gasteiger partial charge in [-0.3, -0.25) is 19.4 Å². The van der Waals surface area contributed by atoms with Gasteiger partial charge in [0.15, 0.2) is 0 Å². The van der Waals surface area contributed by atoms with Crippen LogP contribution in [0, 0.1) is 0 Å². The third kappa shape index (κ3) is 4.24. The van der Waals surface area contributed by atoms with Crippen LogP contribution in [0.1, 0.15) is 57.8 Å². The maximum atomic E-state index is 13.0. The zero-order valence-electron chi connectivity index (χ0n) is 19.0. The van der Waals surface area contributed by atoms with Crippen molar-refractivity contribution in [3.05, 3.63) is 36.7 Å². The summed E-state index contributed by atoms with van der Waals surface area (Å²) in [6.07, 6.45) is 10.6. The van der Waals surface area contributed by atoms with Crippen molar-refractivity contribution in [3.63, 3.8) is 0 Å². The lowest BCUT2D eigenvalue weighted by Gasteiger charge is -2.36. The van der Waals surface area contributed by atoms with Crippen molar-refractivity contribution in [2.24, 2.45) is 0 Å². The maximum absolute atomic E-state index is 13.0. The molecule has 7 nitrogen and oxygen atoms in total. The summed E-state index contributed by atoms with van der Waals surface area (Å²) in [6.45, 7) is 1.93. The number of piperidine rings is 3. The highest BCUT2D eigenvalue weighted by atomic mass is 16.2. The van der Waals surface area contributed by atoms with E-state index in [1.54, 1.807) is 12.4 Å². The van der Waals surface area contributed by atoms with E-state index >= 15 is 0 Å². The molecule has 3 fully saturated rings. The normalized spacial score (nSPS) is 19.9. The number of aromatic nitrogens is 1. The Balaban J connectivity index is 1.72. The molecule has 0 bridgehead atoms. The molecule has 4 heterocycles. The van der Waals surface area contributed by atoms with Crippen LogP contribution in [0.2, 0.25) is 0 Å². The summed E-state index contributed by atoms with van der Waals surface area (Å²) < 4.78 is 0. The van der Waals surface area contributed by atoms with Crippen LogP contribution >= 0.6 is 0 Å². The van der Waals surface area contributed by atoms with Gasteiger partial charge >= 0.3 is 0 Å².